The van der Waals surface area contributed by atoms with Crippen molar-refractivity contribution in [3.8, 4) is 17.1 Å². The summed E-state index contributed by atoms with van der Waals surface area (Å²) in [6, 6.07) is 6.66. The predicted octanol–water partition coefficient (Wildman–Crippen LogP) is 3.03. The van der Waals surface area contributed by atoms with Gasteiger partial charge in [0.05, 0.1) is 0 Å². The fraction of sp³-hybridized carbons (Fsp3) is 0.471. The number of phenols is 1. The number of aromatic hydroxyl groups is 1. The van der Waals surface area contributed by atoms with Crippen LogP contribution in [0.1, 0.15) is 43.2 Å². The summed E-state index contributed by atoms with van der Waals surface area (Å²) in [5.74, 6) is 0.860. The van der Waals surface area contributed by atoms with Crippen LogP contribution in [0.5, 0.6) is 5.75 Å². The van der Waals surface area contributed by atoms with Crippen LogP contribution in [-0.2, 0) is 16.6 Å². The molecule has 24 heavy (non-hydrogen) atoms. The number of carbonyl (C=O) groups is 1. The number of hydrogen-bond acceptors (Lipinski definition) is 6. The average Bonchev–Trinajstić information content (AvgIpc) is 2.97. The zero-order chi connectivity index (χ0) is 17.1. The Morgan fingerprint density at radius 1 is 1.25 bits per heavy atom. The van der Waals surface area contributed by atoms with E-state index in [9.17, 15) is 9.90 Å². The highest BCUT2D eigenvalue weighted by atomic mass is 32.1. The molecule has 128 valence electrons. The molecule has 0 amide bonds. The standard InChI is InChI=1S/C17H21N3O3S/c1-20-15(11-7-9-12(21)10-8-11)18-19-16(20)14(24)17(22)23-13-5-3-2-4-6-13/h7-10,13-14,21,24H,2-6H2,1H3. The minimum Gasteiger partial charge on any atom is -0.508 e. The van der Waals surface area contributed by atoms with E-state index in [1.165, 1.54) is 6.42 Å². The number of ether oxygens (including phenoxy) is 1. The Kier molecular flexibility index (Phi) is 5.08. The first-order chi connectivity index (χ1) is 11.6. The molecule has 1 atom stereocenters. The van der Waals surface area contributed by atoms with E-state index in [1.54, 1.807) is 35.9 Å². The van der Waals surface area contributed by atoms with Gasteiger partial charge in [0.25, 0.3) is 0 Å². The number of esters is 1. The van der Waals surface area contributed by atoms with Gasteiger partial charge in [0, 0.05) is 12.6 Å². The van der Waals surface area contributed by atoms with Gasteiger partial charge in [-0.05, 0) is 49.9 Å². The molecule has 1 saturated carbocycles. The van der Waals surface area contributed by atoms with Crippen molar-refractivity contribution in [3.63, 3.8) is 0 Å². The molecule has 1 N–H and O–H groups in total. The quantitative estimate of drug-likeness (QED) is 0.657. The molecule has 1 aromatic heterocycles. The molecule has 0 saturated heterocycles. The Morgan fingerprint density at radius 2 is 1.92 bits per heavy atom. The van der Waals surface area contributed by atoms with Gasteiger partial charge in [-0.1, -0.05) is 6.42 Å². The third kappa shape index (κ3) is 3.56. The van der Waals surface area contributed by atoms with Crippen molar-refractivity contribution in [1.82, 2.24) is 14.8 Å². The molecule has 7 heteroatoms. The summed E-state index contributed by atoms with van der Waals surface area (Å²) in [7, 11) is 1.79. The van der Waals surface area contributed by atoms with Gasteiger partial charge in [0.2, 0.25) is 0 Å². The molecular formula is C17H21N3O3S. The largest absolute Gasteiger partial charge is 0.508 e. The van der Waals surface area contributed by atoms with Crippen LogP contribution in [-0.4, -0.2) is 31.9 Å². The normalized spacial score (nSPS) is 16.8. The van der Waals surface area contributed by atoms with Crippen molar-refractivity contribution in [2.45, 2.75) is 43.5 Å². The van der Waals surface area contributed by atoms with Crippen LogP contribution < -0.4 is 0 Å². The summed E-state index contributed by atoms with van der Waals surface area (Å²) in [5.41, 5.74) is 0.801. The van der Waals surface area contributed by atoms with E-state index in [0.29, 0.717) is 11.6 Å². The van der Waals surface area contributed by atoms with E-state index >= 15 is 0 Å². The van der Waals surface area contributed by atoms with E-state index in [4.69, 9.17) is 4.74 Å². The van der Waals surface area contributed by atoms with Crippen molar-refractivity contribution in [3.05, 3.63) is 30.1 Å². The van der Waals surface area contributed by atoms with Crippen molar-refractivity contribution >= 4 is 18.6 Å². The molecule has 3 rings (SSSR count). The predicted molar refractivity (Wildman–Crippen MR) is 92.8 cm³/mol. The molecule has 1 aliphatic carbocycles. The molecule has 1 heterocycles. The number of nitrogens with zero attached hydrogens (tertiary/aromatic N) is 3. The van der Waals surface area contributed by atoms with Crippen LogP contribution >= 0.6 is 12.6 Å². The van der Waals surface area contributed by atoms with Gasteiger partial charge in [-0.15, -0.1) is 10.2 Å². The number of phenolic OH excluding ortho intramolecular Hbond substituents is 1. The van der Waals surface area contributed by atoms with Crippen LogP contribution in [0.2, 0.25) is 0 Å². The fourth-order valence-electron chi connectivity index (χ4n) is 2.96. The van der Waals surface area contributed by atoms with E-state index in [-0.39, 0.29) is 17.8 Å². The van der Waals surface area contributed by atoms with E-state index in [1.807, 2.05) is 0 Å². The van der Waals surface area contributed by atoms with E-state index in [2.05, 4.69) is 22.8 Å². The number of carbonyl (C=O) groups excluding carboxylic acids is 1. The first-order valence-corrected chi connectivity index (χ1v) is 8.65. The lowest BCUT2D eigenvalue weighted by molar-refractivity contribution is -0.150. The van der Waals surface area contributed by atoms with Crippen molar-refractivity contribution in [2.75, 3.05) is 0 Å². The lowest BCUT2D eigenvalue weighted by Crippen LogP contribution is -2.24. The smallest absolute Gasteiger partial charge is 0.326 e. The molecule has 1 fully saturated rings. The second-order valence-electron chi connectivity index (χ2n) is 6.09. The van der Waals surface area contributed by atoms with Crippen LogP contribution in [0, 0.1) is 0 Å². The maximum absolute atomic E-state index is 12.3. The Balaban J connectivity index is 1.74. The number of hydrogen-bond donors (Lipinski definition) is 2. The zero-order valence-electron chi connectivity index (χ0n) is 13.6. The van der Waals surface area contributed by atoms with Gasteiger partial charge in [-0.3, -0.25) is 4.79 Å². The number of benzene rings is 1. The highest BCUT2D eigenvalue weighted by molar-refractivity contribution is 7.81. The highest BCUT2D eigenvalue weighted by Gasteiger charge is 2.27. The van der Waals surface area contributed by atoms with Crippen LogP contribution in [0.4, 0.5) is 0 Å². The van der Waals surface area contributed by atoms with Gasteiger partial charge in [-0.25, -0.2) is 0 Å². The van der Waals surface area contributed by atoms with Crippen LogP contribution in [0.3, 0.4) is 0 Å². The van der Waals surface area contributed by atoms with Crippen LogP contribution in [0.15, 0.2) is 24.3 Å². The molecule has 1 aromatic carbocycles. The van der Waals surface area contributed by atoms with Gasteiger partial charge < -0.3 is 14.4 Å². The summed E-state index contributed by atoms with van der Waals surface area (Å²) in [6.07, 6.45) is 5.24. The molecule has 0 bridgehead atoms. The lowest BCUT2D eigenvalue weighted by Gasteiger charge is -2.23. The molecular weight excluding hydrogens is 326 g/mol. The lowest BCUT2D eigenvalue weighted by atomic mass is 9.98. The minimum atomic E-state index is -0.768. The second kappa shape index (κ2) is 7.25. The highest BCUT2D eigenvalue weighted by Crippen LogP contribution is 2.27. The third-order valence-corrected chi connectivity index (χ3v) is 4.78. The van der Waals surface area contributed by atoms with Gasteiger partial charge in [-0.2, -0.15) is 12.6 Å². The van der Waals surface area contributed by atoms with Crippen molar-refractivity contribution < 1.29 is 14.6 Å². The van der Waals surface area contributed by atoms with Crippen molar-refractivity contribution in [2.24, 2.45) is 7.05 Å². The Morgan fingerprint density at radius 3 is 2.58 bits per heavy atom. The van der Waals surface area contributed by atoms with Gasteiger partial charge in [0.15, 0.2) is 16.9 Å². The second-order valence-corrected chi connectivity index (χ2v) is 6.60. The summed E-state index contributed by atoms with van der Waals surface area (Å²) < 4.78 is 7.29. The SMILES string of the molecule is Cn1c(-c2ccc(O)cc2)nnc1C(S)C(=O)OC1CCCCC1. The average molecular weight is 347 g/mol. The third-order valence-electron chi connectivity index (χ3n) is 4.34. The first kappa shape index (κ1) is 16.8. The molecule has 6 nitrogen and oxygen atoms in total. The molecule has 1 aliphatic rings. The van der Waals surface area contributed by atoms with E-state index < -0.39 is 5.25 Å². The number of rotatable bonds is 4. The molecule has 2 aromatic rings. The summed E-state index contributed by atoms with van der Waals surface area (Å²) in [5, 5.41) is 16.9. The van der Waals surface area contributed by atoms with E-state index in [0.717, 1.165) is 31.2 Å². The Hall–Kier alpha value is -2.02. The summed E-state index contributed by atoms with van der Waals surface area (Å²) >= 11 is 4.39. The molecule has 0 radical (unpaired) electrons. The molecule has 0 spiro atoms. The number of thiol groups is 1. The summed E-state index contributed by atoms with van der Waals surface area (Å²) in [6.45, 7) is 0. The fourth-order valence-corrected chi connectivity index (χ4v) is 3.24. The molecule has 0 aliphatic heterocycles. The Labute approximate surface area is 146 Å². The van der Waals surface area contributed by atoms with Crippen LogP contribution in [0.25, 0.3) is 11.4 Å². The van der Waals surface area contributed by atoms with Crippen molar-refractivity contribution in [1.29, 1.82) is 0 Å². The maximum Gasteiger partial charge on any atom is 0.326 e. The van der Waals surface area contributed by atoms with Gasteiger partial charge >= 0.3 is 5.97 Å². The monoisotopic (exact) mass is 347 g/mol. The topological polar surface area (TPSA) is 77.2 Å². The van der Waals surface area contributed by atoms with Gasteiger partial charge in [0.1, 0.15) is 11.9 Å². The number of aromatic nitrogens is 3. The molecule has 1 unspecified atom stereocenters. The minimum absolute atomic E-state index is 0.00861. The summed E-state index contributed by atoms with van der Waals surface area (Å²) in [4.78, 5) is 12.3. The Bertz CT molecular complexity index is 708. The zero-order valence-corrected chi connectivity index (χ0v) is 14.4. The first-order valence-electron chi connectivity index (χ1n) is 8.13. The maximum atomic E-state index is 12.3.